The molecule has 1 aliphatic carbocycles. The van der Waals surface area contributed by atoms with E-state index in [0.717, 1.165) is 12.0 Å². The molecule has 0 N–H and O–H groups in total. The van der Waals surface area contributed by atoms with Crippen LogP contribution in [0.5, 0.6) is 5.75 Å². The Hall–Kier alpha value is -0.930. The molecule has 1 atom stereocenters. The van der Waals surface area contributed by atoms with E-state index in [9.17, 15) is 4.79 Å². The number of carbonyl (C=O) groups excluding carboxylic acids is 1. The summed E-state index contributed by atoms with van der Waals surface area (Å²) in [7, 11) is 1.38. The summed E-state index contributed by atoms with van der Waals surface area (Å²) in [5.74, 6) is 0.472. The highest BCUT2D eigenvalue weighted by Crippen LogP contribution is 2.59. The lowest BCUT2D eigenvalue weighted by Crippen LogP contribution is -2.44. The molecule has 1 aliphatic rings. The van der Waals surface area contributed by atoms with Crippen molar-refractivity contribution >= 4 is 29.2 Å². The maximum Gasteiger partial charge on any atom is 0.350 e. The highest BCUT2D eigenvalue weighted by molar-refractivity contribution is 6.51. The lowest BCUT2D eigenvalue weighted by molar-refractivity contribution is -0.159. The number of esters is 1. The van der Waals surface area contributed by atoms with Crippen molar-refractivity contribution in [2.24, 2.45) is 0 Å². The third-order valence-electron chi connectivity index (χ3n) is 4.12. The number of benzene rings is 1. The van der Waals surface area contributed by atoms with Crippen molar-refractivity contribution in [1.29, 1.82) is 0 Å². The van der Waals surface area contributed by atoms with E-state index in [-0.39, 0.29) is 11.9 Å². The van der Waals surface area contributed by atoms with Crippen LogP contribution in [0.15, 0.2) is 24.3 Å². The topological polar surface area (TPSA) is 35.5 Å². The van der Waals surface area contributed by atoms with Gasteiger partial charge in [-0.3, -0.25) is 0 Å². The molecular formula is C16H20Cl2O3. The van der Waals surface area contributed by atoms with Gasteiger partial charge in [-0.15, -0.1) is 23.2 Å². The molecule has 21 heavy (non-hydrogen) atoms. The van der Waals surface area contributed by atoms with Crippen molar-refractivity contribution in [2.75, 3.05) is 7.11 Å². The van der Waals surface area contributed by atoms with Crippen LogP contribution in [0.1, 0.15) is 44.6 Å². The zero-order valence-electron chi connectivity index (χ0n) is 12.5. The fourth-order valence-corrected chi connectivity index (χ4v) is 3.04. The number of hydrogen-bond acceptors (Lipinski definition) is 3. The van der Waals surface area contributed by atoms with Crippen molar-refractivity contribution in [3.8, 4) is 5.75 Å². The summed E-state index contributed by atoms with van der Waals surface area (Å²) in [6.45, 7) is 3.82. The molecule has 0 bridgehead atoms. The normalized spacial score (nSPS) is 20.0. The number of ether oxygens (including phenoxy) is 2. The number of alkyl halides is 2. The summed E-state index contributed by atoms with van der Waals surface area (Å²) in [6, 6.07) is 7.58. The van der Waals surface area contributed by atoms with Crippen molar-refractivity contribution in [2.45, 2.75) is 49.0 Å². The number of carbonyl (C=O) groups is 1. The minimum absolute atomic E-state index is 0.178. The Labute approximate surface area is 135 Å². The average Bonchev–Trinajstić information content (AvgIpc) is 3.13. The predicted octanol–water partition coefficient (Wildman–Crippen LogP) is 4.46. The van der Waals surface area contributed by atoms with Gasteiger partial charge < -0.3 is 9.47 Å². The van der Waals surface area contributed by atoms with E-state index in [4.69, 9.17) is 32.7 Å². The average molecular weight is 331 g/mol. The highest BCUT2D eigenvalue weighted by Gasteiger charge is 2.52. The lowest BCUT2D eigenvalue weighted by atomic mass is 9.97. The van der Waals surface area contributed by atoms with Gasteiger partial charge in [0.1, 0.15) is 10.1 Å². The first kappa shape index (κ1) is 16.4. The van der Waals surface area contributed by atoms with Crippen LogP contribution in [0.2, 0.25) is 0 Å². The maximum absolute atomic E-state index is 12.0. The monoisotopic (exact) mass is 330 g/mol. The second-order valence-electron chi connectivity index (χ2n) is 5.38. The molecule has 0 aliphatic heterocycles. The summed E-state index contributed by atoms with van der Waals surface area (Å²) < 4.78 is 10.2. The molecule has 5 heteroatoms. The smallest absolute Gasteiger partial charge is 0.350 e. The summed E-state index contributed by atoms with van der Waals surface area (Å²) >= 11 is 12.1. The van der Waals surface area contributed by atoms with Gasteiger partial charge in [-0.25, -0.2) is 4.79 Å². The largest absolute Gasteiger partial charge is 0.476 e. The Kier molecular flexibility index (Phi) is 4.74. The van der Waals surface area contributed by atoms with E-state index in [2.05, 4.69) is 0 Å². The molecule has 0 heterocycles. The lowest BCUT2D eigenvalue weighted by Gasteiger charge is -2.29. The van der Waals surface area contributed by atoms with Crippen LogP contribution in [-0.4, -0.2) is 23.0 Å². The van der Waals surface area contributed by atoms with Gasteiger partial charge >= 0.3 is 5.97 Å². The molecule has 0 aromatic heterocycles. The van der Waals surface area contributed by atoms with Crippen LogP contribution < -0.4 is 4.74 Å². The molecular weight excluding hydrogens is 311 g/mol. The standard InChI is InChI=1S/C16H20Cl2O3/c1-4-15(5-2,14(19)20-3)21-12-8-6-11(7-9-12)13-10-16(13,17)18/h6-9,13H,4-5,10H2,1-3H3. The van der Waals surface area contributed by atoms with Gasteiger partial charge in [0, 0.05) is 5.92 Å². The third kappa shape index (κ3) is 3.29. The SMILES string of the molecule is CCC(CC)(Oc1ccc(C2CC2(Cl)Cl)cc1)C(=O)OC. The molecule has 3 nitrogen and oxygen atoms in total. The van der Waals surface area contributed by atoms with Crippen LogP contribution in [0.4, 0.5) is 0 Å². The first-order valence-electron chi connectivity index (χ1n) is 7.13. The van der Waals surface area contributed by atoms with Gasteiger partial charge in [0.15, 0.2) is 0 Å². The number of rotatable bonds is 6. The molecule has 0 radical (unpaired) electrons. The van der Waals surface area contributed by atoms with Gasteiger partial charge in [-0.2, -0.15) is 0 Å². The Morgan fingerprint density at radius 3 is 2.19 bits per heavy atom. The van der Waals surface area contributed by atoms with E-state index in [1.165, 1.54) is 7.11 Å². The summed E-state index contributed by atoms with van der Waals surface area (Å²) in [5, 5.41) is 0. The van der Waals surface area contributed by atoms with E-state index in [1.807, 2.05) is 38.1 Å². The fourth-order valence-electron chi connectivity index (χ4n) is 2.48. The molecule has 116 valence electrons. The summed E-state index contributed by atoms with van der Waals surface area (Å²) in [5.41, 5.74) is 0.155. The van der Waals surface area contributed by atoms with Crippen molar-refractivity contribution in [1.82, 2.24) is 0 Å². The zero-order valence-corrected chi connectivity index (χ0v) is 14.0. The van der Waals surface area contributed by atoms with Crippen LogP contribution in [0.25, 0.3) is 0 Å². The van der Waals surface area contributed by atoms with Gasteiger partial charge in [-0.1, -0.05) is 26.0 Å². The minimum atomic E-state index is -0.932. The highest BCUT2D eigenvalue weighted by atomic mass is 35.5. The maximum atomic E-state index is 12.0. The van der Waals surface area contributed by atoms with E-state index >= 15 is 0 Å². The summed E-state index contributed by atoms with van der Waals surface area (Å²) in [4.78, 5) is 12.0. The van der Waals surface area contributed by atoms with E-state index in [0.29, 0.717) is 18.6 Å². The van der Waals surface area contributed by atoms with E-state index in [1.54, 1.807) is 0 Å². The van der Waals surface area contributed by atoms with Gasteiger partial charge in [0.05, 0.1) is 7.11 Å². The van der Waals surface area contributed by atoms with Crippen LogP contribution in [0, 0.1) is 0 Å². The Morgan fingerprint density at radius 2 is 1.81 bits per heavy atom. The van der Waals surface area contributed by atoms with Crippen LogP contribution >= 0.6 is 23.2 Å². The minimum Gasteiger partial charge on any atom is -0.476 e. The molecule has 1 fully saturated rings. The van der Waals surface area contributed by atoms with Gasteiger partial charge in [0.2, 0.25) is 5.60 Å². The van der Waals surface area contributed by atoms with Crippen molar-refractivity contribution in [3.05, 3.63) is 29.8 Å². The van der Waals surface area contributed by atoms with Crippen LogP contribution in [-0.2, 0) is 9.53 Å². The first-order valence-corrected chi connectivity index (χ1v) is 7.89. The molecule has 2 rings (SSSR count). The second kappa shape index (κ2) is 6.05. The first-order chi connectivity index (χ1) is 9.88. The quantitative estimate of drug-likeness (QED) is 0.570. The second-order valence-corrected chi connectivity index (χ2v) is 6.92. The molecule has 1 unspecified atom stereocenters. The number of methoxy groups -OCH3 is 1. The zero-order chi connectivity index (χ0) is 15.7. The van der Waals surface area contributed by atoms with E-state index < -0.39 is 9.93 Å². The van der Waals surface area contributed by atoms with Crippen LogP contribution in [0.3, 0.4) is 0 Å². The molecule has 1 aromatic rings. The molecule has 0 amide bonds. The Morgan fingerprint density at radius 1 is 1.29 bits per heavy atom. The third-order valence-corrected chi connectivity index (χ3v) is 4.96. The van der Waals surface area contributed by atoms with Gasteiger partial charge in [0.25, 0.3) is 0 Å². The molecule has 1 aromatic carbocycles. The number of hydrogen-bond donors (Lipinski definition) is 0. The fraction of sp³-hybridized carbons (Fsp3) is 0.562. The van der Waals surface area contributed by atoms with Gasteiger partial charge in [-0.05, 0) is 37.0 Å². The Bertz CT molecular complexity index is 507. The Balaban J connectivity index is 2.13. The van der Waals surface area contributed by atoms with Crippen molar-refractivity contribution < 1.29 is 14.3 Å². The number of halogens is 2. The van der Waals surface area contributed by atoms with Crippen molar-refractivity contribution in [3.63, 3.8) is 0 Å². The molecule has 0 saturated heterocycles. The molecule has 0 spiro atoms. The summed E-state index contributed by atoms with van der Waals surface area (Å²) in [6.07, 6.45) is 1.87. The molecule has 1 saturated carbocycles. The predicted molar refractivity (Wildman–Crippen MR) is 84.2 cm³/mol.